The Kier molecular flexibility index (Phi) is 1.78. The van der Waals surface area contributed by atoms with Gasteiger partial charge in [-0.15, -0.1) is 14.8 Å². The molecule has 0 atom stereocenters. The molecular weight excluding hydrogens is 207 g/mol. The number of halogens is 1. The number of hydrogen-bond acceptors (Lipinski definition) is 4. The Morgan fingerprint density at radius 1 is 1.53 bits per heavy atom. The fourth-order valence-corrected chi connectivity index (χ4v) is 1.24. The number of carbonyl (C=O) groups is 1. The maximum absolute atomic E-state index is 13.1. The Balaban J connectivity index is 3.00. The van der Waals surface area contributed by atoms with Crippen LogP contribution in [0, 0.1) is 12.9 Å². The molecular formula is C7H5FN4O3. The molecule has 2 heterocycles. The van der Waals surface area contributed by atoms with Crippen LogP contribution in [0.3, 0.4) is 0 Å². The molecule has 15 heavy (non-hydrogen) atoms. The Labute approximate surface area is 81.2 Å². The molecule has 0 unspecified atom stereocenters. The molecule has 0 aliphatic heterocycles. The Morgan fingerprint density at radius 2 is 2.20 bits per heavy atom. The Morgan fingerprint density at radius 3 is 2.80 bits per heavy atom. The molecule has 0 spiro atoms. The molecule has 2 N–H and O–H groups in total. The number of hydrogen-bond donors (Lipinski definition) is 2. The number of fused-ring (bicyclic) bond motifs is 1. The van der Waals surface area contributed by atoms with E-state index in [0.29, 0.717) is 4.63 Å². The van der Waals surface area contributed by atoms with E-state index in [1.807, 2.05) is 0 Å². The number of nitrogens with one attached hydrogen (secondary N) is 1. The number of aryl methyl sites for hydroxylation is 1. The molecule has 8 heteroatoms. The van der Waals surface area contributed by atoms with Crippen molar-refractivity contribution in [2.45, 2.75) is 6.92 Å². The third-order valence-electron chi connectivity index (χ3n) is 1.79. The van der Waals surface area contributed by atoms with Gasteiger partial charge < -0.3 is 10.1 Å². The van der Waals surface area contributed by atoms with Crippen molar-refractivity contribution in [1.29, 1.82) is 0 Å². The highest BCUT2D eigenvalue weighted by Gasteiger charge is 2.22. The number of carboxylic acids is 1. The number of aromatic carboxylic acids is 1. The first-order valence-electron chi connectivity index (χ1n) is 3.89. The van der Waals surface area contributed by atoms with Crippen molar-refractivity contribution in [2.24, 2.45) is 0 Å². The van der Waals surface area contributed by atoms with E-state index in [2.05, 4.69) is 15.2 Å². The summed E-state index contributed by atoms with van der Waals surface area (Å²) < 4.78 is 13.7. The third kappa shape index (κ3) is 1.26. The van der Waals surface area contributed by atoms with Crippen molar-refractivity contribution in [3.8, 4) is 0 Å². The predicted molar refractivity (Wildman–Crippen MR) is 45.3 cm³/mol. The number of aromatic amines is 1. The Bertz CT molecular complexity index is 614. The van der Waals surface area contributed by atoms with Crippen LogP contribution in [0.2, 0.25) is 0 Å². The van der Waals surface area contributed by atoms with E-state index in [1.54, 1.807) is 0 Å². The van der Waals surface area contributed by atoms with Gasteiger partial charge in [-0.3, -0.25) is 4.79 Å². The van der Waals surface area contributed by atoms with Crippen molar-refractivity contribution in [3.05, 3.63) is 27.7 Å². The smallest absolute Gasteiger partial charge is 0.342 e. The predicted octanol–water partition coefficient (Wildman–Crippen LogP) is -0.437. The van der Waals surface area contributed by atoms with Gasteiger partial charge in [-0.25, -0.2) is 4.79 Å². The molecule has 0 amide bonds. The van der Waals surface area contributed by atoms with Gasteiger partial charge in [0.1, 0.15) is 11.4 Å². The first kappa shape index (κ1) is 9.31. The fourth-order valence-electron chi connectivity index (χ4n) is 1.24. The van der Waals surface area contributed by atoms with Crippen molar-refractivity contribution in [1.82, 2.24) is 19.8 Å². The largest absolute Gasteiger partial charge is 0.477 e. The highest BCUT2D eigenvalue weighted by Crippen LogP contribution is 2.09. The van der Waals surface area contributed by atoms with Crippen LogP contribution in [0.25, 0.3) is 5.52 Å². The molecule has 0 aliphatic carbocycles. The van der Waals surface area contributed by atoms with E-state index in [0.717, 1.165) is 0 Å². The summed E-state index contributed by atoms with van der Waals surface area (Å²) >= 11 is 0. The lowest BCUT2D eigenvalue weighted by atomic mass is 10.3. The summed E-state index contributed by atoms with van der Waals surface area (Å²) in [5, 5.41) is 15.5. The molecule has 0 aliphatic rings. The lowest BCUT2D eigenvalue weighted by molar-refractivity contribution is 0.0694. The summed E-state index contributed by atoms with van der Waals surface area (Å²) in [6, 6.07) is 0. The molecule has 0 radical (unpaired) electrons. The molecule has 2 aromatic rings. The normalized spacial score (nSPS) is 10.8. The monoisotopic (exact) mass is 212 g/mol. The summed E-state index contributed by atoms with van der Waals surface area (Å²) in [5.41, 5.74) is -1.93. The summed E-state index contributed by atoms with van der Waals surface area (Å²) in [6.45, 7) is 1.47. The van der Waals surface area contributed by atoms with Crippen LogP contribution >= 0.6 is 0 Å². The first-order chi connectivity index (χ1) is 7.00. The zero-order chi connectivity index (χ0) is 11.2. The second-order valence-corrected chi connectivity index (χ2v) is 2.85. The Hall–Kier alpha value is -2.25. The molecule has 0 bridgehead atoms. The maximum atomic E-state index is 13.1. The highest BCUT2D eigenvalue weighted by atomic mass is 19.1. The van der Waals surface area contributed by atoms with E-state index in [9.17, 15) is 14.0 Å². The maximum Gasteiger partial charge on any atom is 0.342 e. The van der Waals surface area contributed by atoms with Crippen LogP contribution in [0.4, 0.5) is 4.39 Å². The van der Waals surface area contributed by atoms with Gasteiger partial charge in [0.15, 0.2) is 5.52 Å². The van der Waals surface area contributed by atoms with Crippen LogP contribution in [0.5, 0.6) is 0 Å². The van der Waals surface area contributed by atoms with Crippen molar-refractivity contribution >= 4 is 11.5 Å². The molecule has 0 fully saturated rings. The standard InChI is InChI=1S/C7H5FN4O3/c1-2-9-6(13)4-3(7(14)15)5(8)11-12(4)10-2/h1H3,(H,14,15)(H,9,10,13). The van der Waals surface area contributed by atoms with Crippen LogP contribution in [0.15, 0.2) is 4.79 Å². The van der Waals surface area contributed by atoms with Gasteiger partial charge in [0.2, 0.25) is 5.95 Å². The van der Waals surface area contributed by atoms with Gasteiger partial charge >= 0.3 is 5.97 Å². The third-order valence-corrected chi connectivity index (χ3v) is 1.79. The zero-order valence-corrected chi connectivity index (χ0v) is 7.48. The summed E-state index contributed by atoms with van der Waals surface area (Å²) in [7, 11) is 0. The molecule has 0 saturated heterocycles. The van der Waals surface area contributed by atoms with E-state index in [1.165, 1.54) is 6.92 Å². The molecule has 2 rings (SSSR count). The van der Waals surface area contributed by atoms with Gasteiger partial charge in [0, 0.05) is 0 Å². The molecule has 78 valence electrons. The van der Waals surface area contributed by atoms with Crippen LogP contribution in [-0.4, -0.2) is 30.9 Å². The fraction of sp³-hybridized carbons (Fsp3) is 0.143. The number of rotatable bonds is 1. The number of nitrogens with zero attached hydrogens (tertiary/aromatic N) is 3. The second-order valence-electron chi connectivity index (χ2n) is 2.85. The molecule has 7 nitrogen and oxygen atoms in total. The molecule has 2 aromatic heterocycles. The van der Waals surface area contributed by atoms with Crippen molar-refractivity contribution < 1.29 is 14.3 Å². The van der Waals surface area contributed by atoms with Gasteiger partial charge in [0.05, 0.1) is 0 Å². The summed E-state index contributed by atoms with van der Waals surface area (Å²) in [5.74, 6) is -2.57. The van der Waals surface area contributed by atoms with Crippen molar-refractivity contribution in [2.75, 3.05) is 0 Å². The van der Waals surface area contributed by atoms with Gasteiger partial charge in [-0.1, -0.05) is 0 Å². The summed E-state index contributed by atoms with van der Waals surface area (Å²) in [6.07, 6.45) is 0. The quantitative estimate of drug-likeness (QED) is 0.667. The van der Waals surface area contributed by atoms with E-state index < -0.39 is 28.6 Å². The minimum Gasteiger partial charge on any atom is -0.477 e. The van der Waals surface area contributed by atoms with E-state index >= 15 is 0 Å². The van der Waals surface area contributed by atoms with Gasteiger partial charge in [-0.05, 0) is 6.92 Å². The highest BCUT2D eigenvalue weighted by molar-refractivity contribution is 5.95. The van der Waals surface area contributed by atoms with Gasteiger partial charge in [0.25, 0.3) is 5.56 Å². The van der Waals surface area contributed by atoms with Crippen molar-refractivity contribution in [3.63, 3.8) is 0 Å². The van der Waals surface area contributed by atoms with Crippen LogP contribution in [-0.2, 0) is 0 Å². The lowest BCUT2D eigenvalue weighted by Gasteiger charge is -1.93. The average Bonchev–Trinajstić information content (AvgIpc) is 2.40. The lowest BCUT2D eigenvalue weighted by Crippen LogP contribution is -2.16. The van der Waals surface area contributed by atoms with Gasteiger partial charge in [-0.2, -0.15) is 4.39 Å². The minimum atomic E-state index is -1.56. The zero-order valence-electron chi connectivity index (χ0n) is 7.48. The van der Waals surface area contributed by atoms with E-state index in [-0.39, 0.29) is 5.82 Å². The minimum absolute atomic E-state index is 0.215. The second kappa shape index (κ2) is 2.87. The SMILES string of the molecule is Cc1nn2nc(F)c(C(=O)O)c2c(=O)[nH]1. The number of H-pyrrole nitrogens is 1. The average molecular weight is 212 g/mol. The topological polar surface area (TPSA) is 100 Å². The molecule has 0 saturated carbocycles. The molecule has 0 aromatic carbocycles. The first-order valence-corrected chi connectivity index (χ1v) is 3.89. The van der Waals surface area contributed by atoms with Crippen LogP contribution < -0.4 is 5.56 Å². The van der Waals surface area contributed by atoms with E-state index in [4.69, 9.17) is 5.11 Å². The number of aromatic nitrogens is 4. The summed E-state index contributed by atoms with van der Waals surface area (Å²) in [4.78, 5) is 24.3. The number of carboxylic acid groups (broad SMARTS) is 1. The van der Waals surface area contributed by atoms with Crippen LogP contribution in [0.1, 0.15) is 16.2 Å².